The fourth-order valence-electron chi connectivity index (χ4n) is 3.38. The average molecular weight is 307 g/mol. The first-order valence-corrected chi connectivity index (χ1v) is 8.79. The summed E-state index contributed by atoms with van der Waals surface area (Å²) in [7, 11) is -3.46. The molecular formula is C17H25NO2S. The molecule has 21 heavy (non-hydrogen) atoms. The first-order chi connectivity index (χ1) is 9.59. The van der Waals surface area contributed by atoms with Gasteiger partial charge in [-0.05, 0) is 44.7 Å². The first kappa shape index (κ1) is 16.2. The van der Waals surface area contributed by atoms with Gasteiger partial charge in [0.15, 0.2) is 0 Å². The molecule has 2 rings (SSSR count). The van der Waals surface area contributed by atoms with Crippen LogP contribution < -0.4 is 0 Å². The van der Waals surface area contributed by atoms with Crippen molar-refractivity contribution in [1.82, 2.24) is 4.31 Å². The van der Waals surface area contributed by atoms with E-state index in [0.717, 1.165) is 22.3 Å². The van der Waals surface area contributed by atoms with Gasteiger partial charge in [0.25, 0.3) is 0 Å². The van der Waals surface area contributed by atoms with Crippen molar-refractivity contribution in [2.45, 2.75) is 58.5 Å². The maximum absolute atomic E-state index is 13.1. The Bertz CT molecular complexity index is 666. The number of sulfonamides is 1. The van der Waals surface area contributed by atoms with Gasteiger partial charge in [-0.2, -0.15) is 4.31 Å². The van der Waals surface area contributed by atoms with Crippen LogP contribution in [0, 0.1) is 26.7 Å². The summed E-state index contributed by atoms with van der Waals surface area (Å²) in [6, 6.07) is 3.84. The third-order valence-electron chi connectivity index (χ3n) is 4.13. The van der Waals surface area contributed by atoms with Gasteiger partial charge in [-0.1, -0.05) is 43.7 Å². The van der Waals surface area contributed by atoms with E-state index < -0.39 is 10.0 Å². The second-order valence-electron chi connectivity index (χ2n) is 6.59. The lowest BCUT2D eigenvalue weighted by Gasteiger charge is -2.14. The van der Waals surface area contributed by atoms with Gasteiger partial charge in [-0.25, -0.2) is 8.42 Å². The highest BCUT2D eigenvalue weighted by Gasteiger charge is 2.57. The van der Waals surface area contributed by atoms with Crippen molar-refractivity contribution < 1.29 is 8.42 Å². The summed E-state index contributed by atoms with van der Waals surface area (Å²) in [5.74, 6) is 0.285. The molecule has 1 aliphatic heterocycles. The topological polar surface area (TPSA) is 37.1 Å². The van der Waals surface area contributed by atoms with E-state index in [1.54, 1.807) is 4.31 Å². The van der Waals surface area contributed by atoms with Crippen molar-refractivity contribution in [2.24, 2.45) is 5.92 Å². The van der Waals surface area contributed by atoms with Crippen molar-refractivity contribution in [3.05, 3.63) is 41.0 Å². The molecule has 0 N–H and O–H groups in total. The molecular weight excluding hydrogens is 282 g/mol. The zero-order valence-electron chi connectivity index (χ0n) is 13.8. The molecule has 0 aliphatic carbocycles. The molecule has 3 atom stereocenters. The lowest BCUT2D eigenvalue weighted by Crippen LogP contribution is -2.20. The van der Waals surface area contributed by atoms with Crippen molar-refractivity contribution in [2.75, 3.05) is 0 Å². The molecule has 116 valence electrons. The number of benzene rings is 1. The Kier molecular flexibility index (Phi) is 4.06. The number of nitrogens with zero attached hydrogens (tertiary/aromatic N) is 1. The van der Waals surface area contributed by atoms with Gasteiger partial charge in [0.1, 0.15) is 0 Å². The van der Waals surface area contributed by atoms with Crippen LogP contribution in [0.3, 0.4) is 0 Å². The minimum absolute atomic E-state index is 0.0348. The normalized spacial score (nSPS) is 25.2. The Morgan fingerprint density at radius 3 is 2.00 bits per heavy atom. The van der Waals surface area contributed by atoms with Gasteiger partial charge < -0.3 is 0 Å². The van der Waals surface area contributed by atoms with Gasteiger partial charge in [0, 0.05) is 6.04 Å². The van der Waals surface area contributed by atoms with Crippen LogP contribution in [0.25, 0.3) is 0 Å². The molecule has 1 heterocycles. The molecule has 1 aromatic rings. The van der Waals surface area contributed by atoms with Crippen LogP contribution in [0.4, 0.5) is 0 Å². The Labute approximate surface area is 128 Å². The SMILES string of the molecule is C=C(C)[C@H]1[C@H](C(C)C)N1S(=O)(=O)c1c(C)cc(C)cc1C. The summed E-state index contributed by atoms with van der Waals surface area (Å²) < 4.78 is 27.8. The predicted octanol–water partition coefficient (Wildman–Crippen LogP) is 3.59. The molecule has 4 heteroatoms. The second-order valence-corrected chi connectivity index (χ2v) is 8.37. The summed E-state index contributed by atoms with van der Waals surface area (Å²) in [4.78, 5) is 0.461. The molecule has 1 fully saturated rings. The van der Waals surface area contributed by atoms with Crippen LogP contribution in [-0.4, -0.2) is 24.8 Å². The number of hydrogen-bond donors (Lipinski definition) is 0. The van der Waals surface area contributed by atoms with Gasteiger partial charge in [0.05, 0.1) is 10.9 Å². The van der Waals surface area contributed by atoms with Gasteiger partial charge in [-0.3, -0.25) is 0 Å². The maximum atomic E-state index is 13.1. The van der Waals surface area contributed by atoms with E-state index in [-0.39, 0.29) is 18.0 Å². The highest BCUT2D eigenvalue weighted by Crippen LogP contribution is 2.44. The van der Waals surface area contributed by atoms with Crippen molar-refractivity contribution >= 4 is 10.0 Å². The third-order valence-corrected chi connectivity index (χ3v) is 6.32. The molecule has 1 unspecified atom stereocenters. The highest BCUT2D eigenvalue weighted by molar-refractivity contribution is 7.89. The van der Waals surface area contributed by atoms with Crippen LogP contribution in [-0.2, 0) is 10.0 Å². The molecule has 0 bridgehead atoms. The molecule has 0 saturated carbocycles. The second kappa shape index (κ2) is 5.25. The number of hydrogen-bond acceptors (Lipinski definition) is 2. The Morgan fingerprint density at radius 1 is 1.19 bits per heavy atom. The van der Waals surface area contributed by atoms with Crippen LogP contribution in [0.2, 0.25) is 0 Å². The molecule has 1 saturated heterocycles. The van der Waals surface area contributed by atoms with Gasteiger partial charge in [-0.15, -0.1) is 0 Å². The van der Waals surface area contributed by atoms with Crippen molar-refractivity contribution in [3.8, 4) is 0 Å². The first-order valence-electron chi connectivity index (χ1n) is 7.35. The van der Waals surface area contributed by atoms with E-state index in [9.17, 15) is 8.42 Å². The Hall–Kier alpha value is -1.13. The zero-order chi connectivity index (χ0) is 16.1. The summed E-state index contributed by atoms with van der Waals surface area (Å²) in [6.45, 7) is 15.7. The third kappa shape index (κ3) is 2.67. The summed E-state index contributed by atoms with van der Waals surface area (Å²) in [5.41, 5.74) is 3.65. The van der Waals surface area contributed by atoms with Crippen molar-refractivity contribution in [3.63, 3.8) is 0 Å². The van der Waals surface area contributed by atoms with E-state index in [2.05, 4.69) is 20.4 Å². The Balaban J connectivity index is 2.52. The largest absolute Gasteiger partial charge is 0.244 e. The molecule has 0 spiro atoms. The standard InChI is InChI=1S/C17H25NO2S/c1-10(2)15-16(11(3)4)18(15)21(19,20)17-13(6)8-12(5)9-14(17)7/h8-9,11,15-16H,1H2,2-7H3/t15-,16-,18?/m0/s1. The molecule has 0 amide bonds. The quantitative estimate of drug-likeness (QED) is 0.630. The molecule has 0 aromatic heterocycles. The molecule has 1 aliphatic rings. The summed E-state index contributed by atoms with van der Waals surface area (Å²) in [6.07, 6.45) is 0. The number of aryl methyl sites for hydroxylation is 3. The minimum atomic E-state index is -3.46. The van der Waals surface area contributed by atoms with Crippen molar-refractivity contribution in [1.29, 1.82) is 0 Å². The average Bonchev–Trinajstić information content (AvgIpc) is 3.02. The van der Waals surface area contributed by atoms with Crippen LogP contribution in [0.15, 0.2) is 29.2 Å². The van der Waals surface area contributed by atoms with E-state index in [0.29, 0.717) is 4.90 Å². The fraction of sp³-hybridized carbons (Fsp3) is 0.529. The van der Waals surface area contributed by atoms with E-state index in [4.69, 9.17) is 0 Å². The molecule has 0 radical (unpaired) electrons. The maximum Gasteiger partial charge on any atom is 0.244 e. The predicted molar refractivity (Wildman–Crippen MR) is 86.9 cm³/mol. The van der Waals surface area contributed by atoms with Gasteiger partial charge in [0.2, 0.25) is 10.0 Å². The summed E-state index contributed by atoms with van der Waals surface area (Å²) >= 11 is 0. The Morgan fingerprint density at radius 2 is 1.67 bits per heavy atom. The van der Waals surface area contributed by atoms with E-state index in [1.165, 1.54) is 0 Å². The van der Waals surface area contributed by atoms with Crippen LogP contribution in [0.5, 0.6) is 0 Å². The lowest BCUT2D eigenvalue weighted by atomic mass is 10.1. The lowest BCUT2D eigenvalue weighted by molar-refractivity contribution is 0.516. The minimum Gasteiger partial charge on any atom is -0.207 e. The van der Waals surface area contributed by atoms with Crippen LogP contribution in [0.1, 0.15) is 37.5 Å². The number of rotatable bonds is 4. The van der Waals surface area contributed by atoms with E-state index in [1.807, 2.05) is 39.8 Å². The van der Waals surface area contributed by atoms with Crippen LogP contribution >= 0.6 is 0 Å². The van der Waals surface area contributed by atoms with Gasteiger partial charge >= 0.3 is 0 Å². The van der Waals surface area contributed by atoms with E-state index >= 15 is 0 Å². The highest BCUT2D eigenvalue weighted by atomic mass is 32.2. The smallest absolute Gasteiger partial charge is 0.207 e. The molecule has 3 nitrogen and oxygen atoms in total. The zero-order valence-corrected chi connectivity index (χ0v) is 14.6. The molecule has 1 aromatic carbocycles. The monoisotopic (exact) mass is 307 g/mol. The fourth-order valence-corrected chi connectivity index (χ4v) is 5.76. The summed E-state index contributed by atoms with van der Waals surface area (Å²) in [5, 5.41) is 0.